The molecule has 1 saturated carbocycles. The van der Waals surface area contributed by atoms with E-state index in [1.165, 1.54) is 7.11 Å². The third kappa shape index (κ3) is 1.80. The highest BCUT2D eigenvalue weighted by Gasteiger charge is 2.30. The quantitative estimate of drug-likeness (QED) is 0.703. The predicted molar refractivity (Wildman–Crippen MR) is 57.7 cm³/mol. The van der Waals surface area contributed by atoms with Crippen LogP contribution in [0.4, 0.5) is 0 Å². The smallest absolute Gasteiger partial charge is 0.338 e. The molecule has 0 N–H and O–H groups in total. The fourth-order valence-electron chi connectivity index (χ4n) is 1.82. The minimum absolute atomic E-state index is 0.269. The fourth-order valence-corrected chi connectivity index (χ4v) is 1.82. The maximum Gasteiger partial charge on any atom is 0.338 e. The van der Waals surface area contributed by atoms with E-state index in [1.807, 2.05) is 12.1 Å². The molecule has 2 heteroatoms. The molecule has 0 atom stereocenters. The van der Waals surface area contributed by atoms with Gasteiger partial charge in [0.1, 0.15) is 0 Å². The number of benzene rings is 1. The van der Waals surface area contributed by atoms with Crippen LogP contribution in [0.15, 0.2) is 24.8 Å². The highest BCUT2D eigenvalue weighted by Crippen LogP contribution is 2.43. The van der Waals surface area contributed by atoms with E-state index in [4.69, 9.17) is 4.74 Å². The second-order valence-corrected chi connectivity index (χ2v) is 3.71. The van der Waals surface area contributed by atoms with Crippen LogP contribution in [0.3, 0.4) is 0 Å². The van der Waals surface area contributed by atoms with Crippen LogP contribution in [-0.2, 0) is 4.74 Å². The molecule has 1 aromatic carbocycles. The van der Waals surface area contributed by atoms with Crippen LogP contribution >= 0.6 is 0 Å². The third-order valence-electron chi connectivity index (χ3n) is 2.69. The maximum atomic E-state index is 11.6. The van der Waals surface area contributed by atoms with Gasteiger partial charge in [0, 0.05) is 0 Å². The summed E-state index contributed by atoms with van der Waals surface area (Å²) in [5, 5.41) is 0. The average Bonchev–Trinajstić information content (AvgIpc) is 3.10. The molecular formula is C13H13O2. The third-order valence-corrected chi connectivity index (χ3v) is 2.69. The number of hydrogen-bond acceptors (Lipinski definition) is 2. The molecule has 2 nitrogen and oxygen atoms in total. The summed E-state index contributed by atoms with van der Waals surface area (Å²) in [5.41, 5.74) is 2.65. The summed E-state index contributed by atoms with van der Waals surface area (Å²) in [7, 11) is 1.41. The Bertz CT molecular complexity index is 403. The van der Waals surface area contributed by atoms with Crippen molar-refractivity contribution in [1.29, 1.82) is 0 Å². The number of hydrogen-bond donors (Lipinski definition) is 0. The molecule has 2 rings (SSSR count). The Morgan fingerprint density at radius 2 is 2.27 bits per heavy atom. The first-order chi connectivity index (χ1) is 7.27. The molecule has 0 heterocycles. The molecule has 0 spiro atoms. The average molecular weight is 201 g/mol. The van der Waals surface area contributed by atoms with E-state index in [1.54, 1.807) is 6.07 Å². The highest BCUT2D eigenvalue weighted by atomic mass is 16.5. The molecule has 15 heavy (non-hydrogen) atoms. The van der Waals surface area contributed by atoms with Gasteiger partial charge in [0.05, 0.1) is 12.7 Å². The molecule has 1 radical (unpaired) electrons. The summed E-state index contributed by atoms with van der Waals surface area (Å²) in [4.78, 5) is 11.6. The molecule has 0 amide bonds. The number of rotatable bonds is 3. The summed E-state index contributed by atoms with van der Waals surface area (Å²) < 4.78 is 4.77. The van der Waals surface area contributed by atoms with Gasteiger partial charge in [0.2, 0.25) is 0 Å². The minimum Gasteiger partial charge on any atom is -0.465 e. The van der Waals surface area contributed by atoms with Crippen LogP contribution in [0.1, 0.15) is 40.2 Å². The molecule has 77 valence electrons. The van der Waals surface area contributed by atoms with E-state index in [-0.39, 0.29) is 5.97 Å². The van der Waals surface area contributed by atoms with Crippen molar-refractivity contribution in [2.24, 2.45) is 0 Å². The van der Waals surface area contributed by atoms with Gasteiger partial charge in [-0.1, -0.05) is 18.7 Å². The molecule has 0 aromatic heterocycles. The second kappa shape index (κ2) is 3.89. The van der Waals surface area contributed by atoms with Gasteiger partial charge in [-0.15, -0.1) is 0 Å². The lowest BCUT2D eigenvalue weighted by Gasteiger charge is -2.09. The molecule has 1 aliphatic carbocycles. The Hall–Kier alpha value is -1.57. The number of esters is 1. The topological polar surface area (TPSA) is 26.3 Å². The van der Waals surface area contributed by atoms with Crippen molar-refractivity contribution in [2.75, 3.05) is 7.11 Å². The largest absolute Gasteiger partial charge is 0.465 e. The lowest BCUT2D eigenvalue weighted by molar-refractivity contribution is 0.0599. The molecule has 0 bridgehead atoms. The van der Waals surface area contributed by atoms with Crippen molar-refractivity contribution in [2.45, 2.75) is 18.8 Å². The van der Waals surface area contributed by atoms with Crippen molar-refractivity contribution in [3.05, 3.63) is 47.5 Å². The van der Waals surface area contributed by atoms with Gasteiger partial charge in [0.25, 0.3) is 0 Å². The van der Waals surface area contributed by atoms with Gasteiger partial charge in [0.15, 0.2) is 0 Å². The van der Waals surface area contributed by atoms with Crippen LogP contribution in [0.2, 0.25) is 0 Å². The first kappa shape index (κ1) is 9.97. The fraction of sp³-hybridized carbons (Fsp3) is 0.308. The number of carbonyl (C=O) groups is 1. The number of ether oxygens (including phenoxy) is 1. The van der Waals surface area contributed by atoms with E-state index >= 15 is 0 Å². The molecule has 1 fully saturated rings. The second-order valence-electron chi connectivity index (χ2n) is 3.71. The minimum atomic E-state index is -0.269. The van der Waals surface area contributed by atoms with Crippen LogP contribution in [0.5, 0.6) is 0 Å². The first-order valence-electron chi connectivity index (χ1n) is 5.02. The van der Waals surface area contributed by atoms with Crippen LogP contribution in [0.25, 0.3) is 0 Å². The Morgan fingerprint density at radius 1 is 1.53 bits per heavy atom. The molecule has 0 aliphatic heterocycles. The monoisotopic (exact) mass is 201 g/mol. The van der Waals surface area contributed by atoms with E-state index in [2.05, 4.69) is 12.7 Å². The van der Waals surface area contributed by atoms with Crippen LogP contribution in [0, 0.1) is 6.08 Å². The zero-order valence-corrected chi connectivity index (χ0v) is 8.75. The Morgan fingerprint density at radius 3 is 2.80 bits per heavy atom. The standard InChI is InChI=1S/C13H13O2/c1-3-9-5-4-6-11(13(14)15-2)12(9)10-7-8-10/h4-6,10H,1,7-8H2,2H3. The van der Waals surface area contributed by atoms with Gasteiger partial charge >= 0.3 is 5.97 Å². The summed E-state index contributed by atoms with van der Waals surface area (Å²) in [6, 6.07) is 5.58. The van der Waals surface area contributed by atoms with Crippen molar-refractivity contribution in [1.82, 2.24) is 0 Å². The summed E-state index contributed by atoms with van der Waals surface area (Å²) in [6.07, 6.45) is 5.16. The van der Waals surface area contributed by atoms with Crippen LogP contribution < -0.4 is 0 Å². The van der Waals surface area contributed by atoms with Crippen molar-refractivity contribution in [3.8, 4) is 0 Å². The Kier molecular flexibility index (Phi) is 2.58. The normalized spacial score (nSPS) is 14.7. The van der Waals surface area contributed by atoms with E-state index in [0.29, 0.717) is 11.5 Å². The highest BCUT2D eigenvalue weighted by molar-refractivity contribution is 5.92. The van der Waals surface area contributed by atoms with E-state index in [9.17, 15) is 4.79 Å². The van der Waals surface area contributed by atoms with E-state index < -0.39 is 0 Å². The lowest BCUT2D eigenvalue weighted by atomic mass is 9.97. The van der Waals surface area contributed by atoms with Gasteiger partial charge in [-0.2, -0.15) is 0 Å². The van der Waals surface area contributed by atoms with Crippen molar-refractivity contribution in [3.63, 3.8) is 0 Å². The lowest BCUT2D eigenvalue weighted by Crippen LogP contribution is -2.06. The van der Waals surface area contributed by atoms with Gasteiger partial charge < -0.3 is 4.74 Å². The summed E-state index contributed by atoms with van der Waals surface area (Å²) in [6.45, 7) is 3.65. The number of methoxy groups -OCH3 is 1. The molecular weight excluding hydrogens is 188 g/mol. The molecule has 1 aliphatic rings. The summed E-state index contributed by atoms with van der Waals surface area (Å²) in [5.74, 6) is 0.221. The zero-order valence-electron chi connectivity index (χ0n) is 8.75. The Labute approximate surface area is 89.6 Å². The van der Waals surface area contributed by atoms with Crippen molar-refractivity contribution >= 4 is 5.97 Å². The maximum absolute atomic E-state index is 11.6. The summed E-state index contributed by atoms with van der Waals surface area (Å²) >= 11 is 0. The predicted octanol–water partition coefficient (Wildman–Crippen LogP) is 2.69. The van der Waals surface area contributed by atoms with Gasteiger partial charge in [-0.05, 0) is 42.0 Å². The molecule has 1 aromatic rings. The zero-order chi connectivity index (χ0) is 10.8. The molecule has 0 unspecified atom stereocenters. The first-order valence-corrected chi connectivity index (χ1v) is 5.02. The molecule has 0 saturated heterocycles. The van der Waals surface area contributed by atoms with Gasteiger partial charge in [-0.3, -0.25) is 0 Å². The SMILES string of the molecule is C=[C]c1cccc(C(=O)OC)c1C1CC1. The van der Waals surface area contributed by atoms with E-state index in [0.717, 1.165) is 24.0 Å². The Balaban J connectivity index is 2.52. The van der Waals surface area contributed by atoms with Gasteiger partial charge in [-0.25, -0.2) is 4.79 Å². The number of carbonyl (C=O) groups excluding carboxylic acids is 1. The van der Waals surface area contributed by atoms with Crippen molar-refractivity contribution < 1.29 is 9.53 Å². The van der Waals surface area contributed by atoms with Crippen LogP contribution in [-0.4, -0.2) is 13.1 Å².